The van der Waals surface area contributed by atoms with Gasteiger partial charge in [-0.15, -0.1) is 0 Å². The van der Waals surface area contributed by atoms with E-state index in [4.69, 9.17) is 9.72 Å². The third-order valence-electron chi connectivity index (χ3n) is 8.53. The standard InChI is InChI=1S/C25H42N2O2/c1-9-10-11-12-14-22(3,4)21-26-19(28)18-20(27-21)29-23(5,6)25(8)15-13-17(2)16-24(18,25)7/h17H,9-16H2,1-8H3,(H,26,27,28)/t17-,24+,25+/m1/s1. The molecular formula is C25H42N2O2. The van der Waals surface area contributed by atoms with E-state index >= 15 is 0 Å². The Hall–Kier alpha value is -1.32. The average molecular weight is 403 g/mol. The monoisotopic (exact) mass is 402 g/mol. The molecule has 1 aliphatic heterocycles. The van der Waals surface area contributed by atoms with Gasteiger partial charge in [-0.05, 0) is 45.4 Å². The Morgan fingerprint density at radius 1 is 1.17 bits per heavy atom. The number of rotatable bonds is 6. The molecule has 2 heterocycles. The fourth-order valence-corrected chi connectivity index (χ4v) is 5.98. The summed E-state index contributed by atoms with van der Waals surface area (Å²) in [5, 5.41) is 0. The second-order valence-electron chi connectivity index (χ2n) is 11.4. The predicted molar refractivity (Wildman–Crippen MR) is 120 cm³/mol. The number of H-pyrrole nitrogens is 1. The minimum Gasteiger partial charge on any atom is -0.471 e. The van der Waals surface area contributed by atoms with Gasteiger partial charge in [0.05, 0.1) is 5.56 Å². The Bertz CT molecular complexity index is 810. The number of aromatic amines is 1. The van der Waals surface area contributed by atoms with Crippen LogP contribution in [0.5, 0.6) is 5.88 Å². The summed E-state index contributed by atoms with van der Waals surface area (Å²) in [5.41, 5.74) is -0.0754. The molecule has 1 aromatic heterocycles. The van der Waals surface area contributed by atoms with Crippen LogP contribution >= 0.6 is 0 Å². The molecule has 1 saturated carbocycles. The fourth-order valence-electron chi connectivity index (χ4n) is 5.98. The van der Waals surface area contributed by atoms with Crippen molar-refractivity contribution in [2.24, 2.45) is 11.3 Å². The molecule has 0 radical (unpaired) electrons. The second kappa shape index (κ2) is 7.42. The topological polar surface area (TPSA) is 55.0 Å². The summed E-state index contributed by atoms with van der Waals surface area (Å²) in [6, 6.07) is 0. The van der Waals surface area contributed by atoms with E-state index in [-0.39, 0.29) is 27.4 Å². The van der Waals surface area contributed by atoms with E-state index in [1.807, 2.05) is 0 Å². The third kappa shape index (κ3) is 3.55. The van der Waals surface area contributed by atoms with Gasteiger partial charge in [-0.3, -0.25) is 4.79 Å². The molecule has 3 atom stereocenters. The number of hydrogen-bond acceptors (Lipinski definition) is 3. The Balaban J connectivity index is 2.05. The van der Waals surface area contributed by atoms with Gasteiger partial charge in [-0.1, -0.05) is 67.2 Å². The summed E-state index contributed by atoms with van der Waals surface area (Å²) >= 11 is 0. The molecule has 0 unspecified atom stereocenters. The lowest BCUT2D eigenvalue weighted by atomic mass is 9.47. The number of ether oxygens (including phenoxy) is 1. The highest BCUT2D eigenvalue weighted by Gasteiger charge is 2.63. The van der Waals surface area contributed by atoms with Crippen molar-refractivity contribution in [2.45, 2.75) is 123 Å². The first-order valence-corrected chi connectivity index (χ1v) is 11.7. The first-order valence-electron chi connectivity index (χ1n) is 11.7. The maximum Gasteiger partial charge on any atom is 0.258 e. The average Bonchev–Trinajstić information content (AvgIpc) is 2.60. The Kier molecular flexibility index (Phi) is 5.73. The van der Waals surface area contributed by atoms with Gasteiger partial charge in [0.1, 0.15) is 11.4 Å². The van der Waals surface area contributed by atoms with E-state index in [9.17, 15) is 4.79 Å². The highest BCUT2D eigenvalue weighted by Crippen LogP contribution is 2.62. The lowest BCUT2D eigenvalue weighted by Gasteiger charge is -2.61. The minimum absolute atomic E-state index is 0.00459. The zero-order valence-electron chi connectivity index (χ0n) is 20.0. The second-order valence-corrected chi connectivity index (χ2v) is 11.4. The molecule has 3 rings (SSSR count). The van der Waals surface area contributed by atoms with Crippen molar-refractivity contribution in [3.8, 4) is 5.88 Å². The largest absolute Gasteiger partial charge is 0.471 e. The number of nitrogens with one attached hydrogen (secondary N) is 1. The molecule has 1 aliphatic carbocycles. The lowest BCUT2D eigenvalue weighted by Crippen LogP contribution is -2.64. The van der Waals surface area contributed by atoms with Gasteiger partial charge in [0, 0.05) is 16.2 Å². The van der Waals surface area contributed by atoms with Crippen molar-refractivity contribution in [1.82, 2.24) is 9.97 Å². The van der Waals surface area contributed by atoms with Gasteiger partial charge in [-0.2, -0.15) is 4.98 Å². The molecule has 29 heavy (non-hydrogen) atoms. The SMILES string of the molecule is CCCCCCC(C)(C)c1nc2c(c(=O)[nH]1)[C@]1(C)C[C@H](C)CC[C@@]1(C)C(C)(C)O2. The lowest BCUT2D eigenvalue weighted by molar-refractivity contribution is -0.124. The number of unbranched alkanes of at least 4 members (excludes halogenated alkanes) is 3. The van der Waals surface area contributed by atoms with Gasteiger partial charge in [0.2, 0.25) is 5.88 Å². The minimum atomic E-state index is -0.363. The maximum absolute atomic E-state index is 13.5. The number of hydrogen-bond donors (Lipinski definition) is 1. The smallest absolute Gasteiger partial charge is 0.258 e. The number of aromatic nitrogens is 2. The van der Waals surface area contributed by atoms with Crippen LogP contribution in [0.4, 0.5) is 0 Å². The molecule has 0 bridgehead atoms. The quantitative estimate of drug-likeness (QED) is 0.570. The summed E-state index contributed by atoms with van der Waals surface area (Å²) < 4.78 is 6.52. The molecule has 4 heteroatoms. The zero-order chi connectivity index (χ0) is 21.7. The van der Waals surface area contributed by atoms with Crippen molar-refractivity contribution in [2.75, 3.05) is 0 Å². The third-order valence-corrected chi connectivity index (χ3v) is 8.53. The summed E-state index contributed by atoms with van der Waals surface area (Å²) in [6.45, 7) is 17.9. The molecule has 0 saturated heterocycles. The van der Waals surface area contributed by atoms with Crippen LogP contribution in [0.15, 0.2) is 4.79 Å². The van der Waals surface area contributed by atoms with Gasteiger partial charge < -0.3 is 9.72 Å². The normalized spacial score (nSPS) is 31.0. The zero-order valence-corrected chi connectivity index (χ0v) is 20.0. The van der Waals surface area contributed by atoms with Crippen LogP contribution in [-0.2, 0) is 10.8 Å². The van der Waals surface area contributed by atoms with E-state index in [1.54, 1.807) is 0 Å². The highest BCUT2D eigenvalue weighted by atomic mass is 16.5. The molecule has 2 aliphatic rings. The number of fused-ring (bicyclic) bond motifs is 3. The molecule has 1 aromatic rings. The maximum atomic E-state index is 13.5. The van der Waals surface area contributed by atoms with Crippen molar-refractivity contribution < 1.29 is 4.74 Å². The molecule has 1 N–H and O–H groups in total. The molecule has 0 amide bonds. The predicted octanol–water partition coefficient (Wildman–Crippen LogP) is 6.27. The summed E-state index contributed by atoms with van der Waals surface area (Å²) in [7, 11) is 0. The van der Waals surface area contributed by atoms with Crippen LogP contribution in [0.3, 0.4) is 0 Å². The van der Waals surface area contributed by atoms with Crippen molar-refractivity contribution in [1.29, 1.82) is 0 Å². The highest BCUT2D eigenvalue weighted by molar-refractivity contribution is 5.41. The van der Waals surface area contributed by atoms with Crippen LogP contribution in [0.1, 0.15) is 118 Å². The Labute approximate surface area is 177 Å². The van der Waals surface area contributed by atoms with Crippen LogP contribution in [0.25, 0.3) is 0 Å². The van der Waals surface area contributed by atoms with E-state index in [1.165, 1.54) is 25.7 Å². The van der Waals surface area contributed by atoms with Crippen molar-refractivity contribution in [3.05, 3.63) is 21.7 Å². The summed E-state index contributed by atoms with van der Waals surface area (Å²) in [5.74, 6) is 1.94. The molecule has 4 nitrogen and oxygen atoms in total. The van der Waals surface area contributed by atoms with E-state index < -0.39 is 0 Å². The Morgan fingerprint density at radius 3 is 2.52 bits per heavy atom. The van der Waals surface area contributed by atoms with Crippen LogP contribution < -0.4 is 10.3 Å². The van der Waals surface area contributed by atoms with E-state index in [2.05, 4.69) is 60.4 Å². The molecular weight excluding hydrogens is 360 g/mol. The molecule has 1 fully saturated rings. The van der Waals surface area contributed by atoms with Gasteiger partial charge in [0.25, 0.3) is 5.56 Å². The van der Waals surface area contributed by atoms with Gasteiger partial charge in [-0.25, -0.2) is 0 Å². The molecule has 164 valence electrons. The van der Waals surface area contributed by atoms with Crippen LogP contribution in [-0.4, -0.2) is 15.6 Å². The fraction of sp³-hybridized carbons (Fsp3) is 0.840. The number of nitrogens with zero attached hydrogens (tertiary/aromatic N) is 1. The summed E-state index contributed by atoms with van der Waals surface area (Å²) in [6.07, 6.45) is 9.15. The van der Waals surface area contributed by atoms with Crippen molar-refractivity contribution in [3.63, 3.8) is 0 Å². The molecule has 0 spiro atoms. The Morgan fingerprint density at radius 2 is 1.86 bits per heavy atom. The van der Waals surface area contributed by atoms with Crippen LogP contribution in [0, 0.1) is 11.3 Å². The van der Waals surface area contributed by atoms with Crippen molar-refractivity contribution >= 4 is 0 Å². The first-order chi connectivity index (χ1) is 13.4. The van der Waals surface area contributed by atoms with E-state index in [0.29, 0.717) is 11.8 Å². The van der Waals surface area contributed by atoms with E-state index in [0.717, 1.165) is 37.1 Å². The summed E-state index contributed by atoms with van der Waals surface area (Å²) in [4.78, 5) is 21.6. The van der Waals surface area contributed by atoms with Gasteiger partial charge >= 0.3 is 0 Å². The molecule has 0 aromatic carbocycles. The van der Waals surface area contributed by atoms with Gasteiger partial charge in [0.15, 0.2) is 0 Å². The van der Waals surface area contributed by atoms with Crippen LogP contribution in [0.2, 0.25) is 0 Å². The first kappa shape index (κ1) is 22.4.